The third kappa shape index (κ3) is 3.90. The Kier molecular flexibility index (Phi) is 4.61. The van der Waals surface area contributed by atoms with Crippen molar-refractivity contribution in [3.63, 3.8) is 0 Å². The van der Waals surface area contributed by atoms with Crippen LogP contribution in [-0.2, 0) is 6.54 Å². The Labute approximate surface area is 125 Å². The van der Waals surface area contributed by atoms with Gasteiger partial charge in [0.1, 0.15) is 18.0 Å². The van der Waals surface area contributed by atoms with Gasteiger partial charge in [0.15, 0.2) is 0 Å². The Hall–Kier alpha value is -2.17. The Morgan fingerprint density at radius 2 is 1.76 bits per heavy atom. The average molecular weight is 283 g/mol. The van der Waals surface area contributed by atoms with Crippen molar-refractivity contribution in [1.82, 2.24) is 15.0 Å². The van der Waals surface area contributed by atoms with Gasteiger partial charge in [-0.1, -0.05) is 12.8 Å². The summed E-state index contributed by atoms with van der Waals surface area (Å²) in [5.74, 6) is 1.91. The first kappa shape index (κ1) is 13.8. The molecule has 0 atom stereocenters. The fraction of sp³-hybridized carbons (Fsp3) is 0.438. The van der Waals surface area contributed by atoms with Crippen molar-refractivity contribution < 1.29 is 0 Å². The molecule has 0 saturated carbocycles. The van der Waals surface area contributed by atoms with E-state index in [4.69, 9.17) is 0 Å². The molecule has 0 aliphatic carbocycles. The molecule has 2 aromatic rings. The van der Waals surface area contributed by atoms with Crippen LogP contribution in [0, 0.1) is 0 Å². The van der Waals surface area contributed by atoms with Crippen LogP contribution < -0.4 is 10.2 Å². The molecule has 0 radical (unpaired) electrons. The molecule has 0 amide bonds. The van der Waals surface area contributed by atoms with Gasteiger partial charge in [0.25, 0.3) is 0 Å². The van der Waals surface area contributed by atoms with Crippen molar-refractivity contribution in [1.29, 1.82) is 0 Å². The first-order chi connectivity index (χ1) is 10.4. The lowest BCUT2D eigenvalue weighted by Crippen LogP contribution is -2.25. The number of hydrogen-bond donors (Lipinski definition) is 1. The highest BCUT2D eigenvalue weighted by molar-refractivity contribution is 5.48. The fourth-order valence-corrected chi connectivity index (χ4v) is 2.61. The van der Waals surface area contributed by atoms with Gasteiger partial charge in [-0.15, -0.1) is 0 Å². The lowest BCUT2D eigenvalue weighted by Gasteiger charge is -2.21. The quantitative estimate of drug-likeness (QED) is 0.935. The van der Waals surface area contributed by atoms with Crippen molar-refractivity contribution in [2.45, 2.75) is 32.2 Å². The summed E-state index contributed by atoms with van der Waals surface area (Å²) < 4.78 is 0. The van der Waals surface area contributed by atoms with Crippen molar-refractivity contribution in [3.05, 3.63) is 42.5 Å². The Balaban J connectivity index is 1.65. The number of rotatable bonds is 4. The zero-order valence-corrected chi connectivity index (χ0v) is 12.2. The maximum absolute atomic E-state index is 4.42. The van der Waals surface area contributed by atoms with E-state index in [-0.39, 0.29) is 0 Å². The minimum Gasteiger partial charge on any atom is -0.366 e. The standard InChI is InChI=1S/C16H21N5/c1-2-4-10-21(9-3-1)16-11-15(19-13-20-16)18-12-14-5-7-17-8-6-14/h5-8,11,13H,1-4,9-10,12H2,(H,18,19,20). The Bertz CT molecular complexity index is 550. The molecule has 5 nitrogen and oxygen atoms in total. The number of nitrogens with zero attached hydrogens (tertiary/aromatic N) is 4. The summed E-state index contributed by atoms with van der Waals surface area (Å²) in [4.78, 5) is 15.1. The molecule has 5 heteroatoms. The minimum absolute atomic E-state index is 0.749. The van der Waals surface area contributed by atoms with Crippen LogP contribution >= 0.6 is 0 Å². The lowest BCUT2D eigenvalue weighted by atomic mass is 10.2. The maximum atomic E-state index is 4.42. The number of anilines is 2. The molecule has 1 aliphatic rings. The third-order valence-corrected chi connectivity index (χ3v) is 3.81. The van der Waals surface area contributed by atoms with E-state index in [9.17, 15) is 0 Å². The summed E-state index contributed by atoms with van der Waals surface area (Å²) in [5, 5.41) is 3.35. The first-order valence-corrected chi connectivity index (χ1v) is 7.61. The SMILES string of the molecule is c1cc(CNc2cc(N3CCCCCC3)ncn2)ccn1. The summed E-state index contributed by atoms with van der Waals surface area (Å²) in [6.45, 7) is 2.95. The van der Waals surface area contributed by atoms with Crippen molar-refractivity contribution in [2.24, 2.45) is 0 Å². The van der Waals surface area contributed by atoms with Crippen LogP contribution in [0.2, 0.25) is 0 Å². The summed E-state index contributed by atoms with van der Waals surface area (Å²) in [6, 6.07) is 6.06. The summed E-state index contributed by atoms with van der Waals surface area (Å²) in [5.41, 5.74) is 1.19. The molecule has 2 aromatic heterocycles. The molecule has 0 spiro atoms. The Morgan fingerprint density at radius 3 is 2.52 bits per heavy atom. The second-order valence-electron chi connectivity index (χ2n) is 5.37. The van der Waals surface area contributed by atoms with Crippen molar-refractivity contribution in [3.8, 4) is 0 Å². The van der Waals surface area contributed by atoms with Crippen LogP contribution in [0.1, 0.15) is 31.2 Å². The van der Waals surface area contributed by atoms with Gasteiger partial charge in [-0.05, 0) is 30.5 Å². The van der Waals surface area contributed by atoms with Gasteiger partial charge in [-0.2, -0.15) is 0 Å². The van der Waals surface area contributed by atoms with Crippen LogP contribution in [0.4, 0.5) is 11.6 Å². The van der Waals surface area contributed by atoms with Gasteiger partial charge in [-0.3, -0.25) is 4.98 Å². The fourth-order valence-electron chi connectivity index (χ4n) is 2.61. The van der Waals surface area contributed by atoms with E-state index in [1.807, 2.05) is 18.2 Å². The zero-order valence-electron chi connectivity index (χ0n) is 12.2. The molecule has 0 aromatic carbocycles. The van der Waals surface area contributed by atoms with Crippen LogP contribution in [0.25, 0.3) is 0 Å². The second-order valence-corrected chi connectivity index (χ2v) is 5.37. The first-order valence-electron chi connectivity index (χ1n) is 7.61. The van der Waals surface area contributed by atoms with E-state index < -0.39 is 0 Å². The van der Waals surface area contributed by atoms with E-state index >= 15 is 0 Å². The van der Waals surface area contributed by atoms with Gasteiger partial charge in [0, 0.05) is 38.1 Å². The number of pyridine rings is 1. The predicted octanol–water partition coefficient (Wildman–Crippen LogP) is 2.86. The number of hydrogen-bond acceptors (Lipinski definition) is 5. The molecular formula is C16H21N5. The smallest absolute Gasteiger partial charge is 0.134 e. The number of aromatic nitrogens is 3. The van der Waals surface area contributed by atoms with Crippen LogP contribution in [0.3, 0.4) is 0 Å². The zero-order chi connectivity index (χ0) is 14.3. The highest BCUT2D eigenvalue weighted by atomic mass is 15.2. The third-order valence-electron chi connectivity index (χ3n) is 3.81. The normalized spacial score (nSPS) is 15.5. The highest BCUT2D eigenvalue weighted by Crippen LogP contribution is 2.19. The summed E-state index contributed by atoms with van der Waals surface area (Å²) in [6.07, 6.45) is 10.4. The molecule has 1 fully saturated rings. The highest BCUT2D eigenvalue weighted by Gasteiger charge is 2.11. The van der Waals surface area contributed by atoms with E-state index in [0.29, 0.717) is 0 Å². The molecular weight excluding hydrogens is 262 g/mol. The van der Waals surface area contributed by atoms with Crippen LogP contribution in [0.15, 0.2) is 36.9 Å². The second kappa shape index (κ2) is 7.02. The van der Waals surface area contributed by atoms with Crippen molar-refractivity contribution >= 4 is 11.6 Å². The molecule has 1 N–H and O–H groups in total. The van der Waals surface area contributed by atoms with Crippen LogP contribution in [0.5, 0.6) is 0 Å². The topological polar surface area (TPSA) is 53.9 Å². The van der Waals surface area contributed by atoms with Crippen molar-refractivity contribution in [2.75, 3.05) is 23.3 Å². The van der Waals surface area contributed by atoms with Gasteiger partial charge < -0.3 is 10.2 Å². The van der Waals surface area contributed by atoms with Gasteiger partial charge in [0.05, 0.1) is 0 Å². The molecule has 1 saturated heterocycles. The molecule has 3 heterocycles. The lowest BCUT2D eigenvalue weighted by molar-refractivity contribution is 0.726. The van der Waals surface area contributed by atoms with Crippen LogP contribution in [-0.4, -0.2) is 28.0 Å². The van der Waals surface area contributed by atoms with Gasteiger partial charge in [-0.25, -0.2) is 9.97 Å². The predicted molar refractivity (Wildman–Crippen MR) is 84.3 cm³/mol. The molecule has 21 heavy (non-hydrogen) atoms. The Morgan fingerprint density at radius 1 is 1.00 bits per heavy atom. The monoisotopic (exact) mass is 283 g/mol. The minimum atomic E-state index is 0.749. The van der Waals surface area contributed by atoms with E-state index in [0.717, 1.165) is 31.3 Å². The molecule has 3 rings (SSSR count). The molecule has 0 bridgehead atoms. The molecule has 1 aliphatic heterocycles. The summed E-state index contributed by atoms with van der Waals surface area (Å²) in [7, 11) is 0. The van der Waals surface area contributed by atoms with Gasteiger partial charge in [0.2, 0.25) is 0 Å². The molecule has 0 unspecified atom stereocenters. The average Bonchev–Trinajstić information content (AvgIpc) is 2.83. The summed E-state index contributed by atoms with van der Waals surface area (Å²) >= 11 is 0. The molecule has 110 valence electrons. The van der Waals surface area contributed by atoms with E-state index in [1.54, 1.807) is 18.7 Å². The van der Waals surface area contributed by atoms with E-state index in [1.165, 1.54) is 31.2 Å². The van der Waals surface area contributed by atoms with E-state index in [2.05, 4.69) is 25.2 Å². The largest absolute Gasteiger partial charge is 0.366 e. The van der Waals surface area contributed by atoms with Gasteiger partial charge >= 0.3 is 0 Å². The maximum Gasteiger partial charge on any atom is 0.134 e. The number of nitrogens with one attached hydrogen (secondary N) is 1.